The molecule has 1 saturated heterocycles. The van der Waals surface area contributed by atoms with E-state index in [-0.39, 0.29) is 6.17 Å². The average Bonchev–Trinajstić information content (AvgIpc) is 2.14. The van der Waals surface area contributed by atoms with Gasteiger partial charge in [0.25, 0.3) is 0 Å². The zero-order valence-electron chi connectivity index (χ0n) is 5.68. The minimum atomic E-state index is -0.643. The van der Waals surface area contributed by atoms with E-state index < -0.39 is 6.17 Å². The Labute approximate surface area is 54.8 Å². The minimum absolute atomic E-state index is 0.0192. The number of alkyl halides is 1. The van der Waals surface area contributed by atoms with Crippen LogP contribution in [-0.4, -0.2) is 30.3 Å². The van der Waals surface area contributed by atoms with Crippen LogP contribution in [0.1, 0.15) is 13.3 Å². The summed E-state index contributed by atoms with van der Waals surface area (Å²) < 4.78 is 12.4. The minimum Gasteiger partial charge on any atom is -0.316 e. The molecular formula is C6H13FN2. The molecule has 2 unspecified atom stereocenters. The van der Waals surface area contributed by atoms with Gasteiger partial charge >= 0.3 is 0 Å². The molecule has 2 N–H and O–H groups in total. The smallest absolute Gasteiger partial charge is 0.114 e. The third-order valence-electron chi connectivity index (χ3n) is 1.74. The van der Waals surface area contributed by atoms with Gasteiger partial charge in [-0.05, 0) is 13.3 Å². The van der Waals surface area contributed by atoms with E-state index in [1.165, 1.54) is 0 Å². The van der Waals surface area contributed by atoms with E-state index in [9.17, 15) is 4.39 Å². The zero-order chi connectivity index (χ0) is 6.85. The standard InChI is InChI=1S/C6H13FN2/c1-5(8)9-3-2-6(7)4-9/h5-6H,2-4,8H2,1H3. The fraction of sp³-hybridized carbons (Fsp3) is 1.00. The molecule has 1 rings (SSSR count). The molecular weight excluding hydrogens is 119 g/mol. The first-order valence-corrected chi connectivity index (χ1v) is 3.34. The summed E-state index contributed by atoms with van der Waals surface area (Å²) in [6, 6.07) is 0. The normalized spacial score (nSPS) is 33.0. The monoisotopic (exact) mass is 132 g/mol. The van der Waals surface area contributed by atoms with Crippen LogP contribution in [0.25, 0.3) is 0 Å². The zero-order valence-corrected chi connectivity index (χ0v) is 5.68. The Morgan fingerprint density at radius 3 is 2.67 bits per heavy atom. The molecule has 1 fully saturated rings. The fourth-order valence-corrected chi connectivity index (χ4v) is 1.11. The molecule has 0 spiro atoms. The molecule has 0 amide bonds. The average molecular weight is 132 g/mol. The second kappa shape index (κ2) is 2.62. The first kappa shape index (κ1) is 6.96. The predicted octanol–water partition coefficient (Wildman–Crippen LogP) is 0.335. The van der Waals surface area contributed by atoms with Crippen LogP contribution < -0.4 is 5.73 Å². The summed E-state index contributed by atoms with van der Waals surface area (Å²) >= 11 is 0. The highest BCUT2D eigenvalue weighted by Crippen LogP contribution is 2.12. The molecule has 3 heteroatoms. The van der Waals surface area contributed by atoms with Gasteiger partial charge < -0.3 is 5.73 Å². The van der Waals surface area contributed by atoms with E-state index in [0.717, 1.165) is 6.54 Å². The summed E-state index contributed by atoms with van der Waals surface area (Å²) in [6.07, 6.45) is 0.0309. The maximum Gasteiger partial charge on any atom is 0.114 e. The van der Waals surface area contributed by atoms with E-state index in [1.807, 2.05) is 11.8 Å². The van der Waals surface area contributed by atoms with Crippen LogP contribution in [0.5, 0.6) is 0 Å². The Hall–Kier alpha value is -0.150. The molecule has 2 nitrogen and oxygen atoms in total. The first-order chi connectivity index (χ1) is 4.20. The van der Waals surface area contributed by atoms with Crippen molar-refractivity contribution in [1.29, 1.82) is 0 Å². The van der Waals surface area contributed by atoms with Gasteiger partial charge in [-0.1, -0.05) is 0 Å². The maximum absolute atomic E-state index is 12.4. The van der Waals surface area contributed by atoms with E-state index in [4.69, 9.17) is 5.73 Å². The lowest BCUT2D eigenvalue weighted by Gasteiger charge is -2.18. The van der Waals surface area contributed by atoms with Gasteiger partial charge in [-0.25, -0.2) is 4.39 Å². The van der Waals surface area contributed by atoms with Crippen molar-refractivity contribution in [3.63, 3.8) is 0 Å². The summed E-state index contributed by atoms with van der Waals surface area (Å²) in [6.45, 7) is 3.23. The Morgan fingerprint density at radius 2 is 2.44 bits per heavy atom. The molecule has 9 heavy (non-hydrogen) atoms. The van der Waals surface area contributed by atoms with Crippen molar-refractivity contribution in [1.82, 2.24) is 4.90 Å². The molecule has 2 atom stereocenters. The van der Waals surface area contributed by atoms with Gasteiger partial charge in [0.2, 0.25) is 0 Å². The quantitative estimate of drug-likeness (QED) is 0.557. The van der Waals surface area contributed by atoms with Gasteiger partial charge in [0, 0.05) is 13.1 Å². The largest absolute Gasteiger partial charge is 0.316 e. The van der Waals surface area contributed by atoms with Crippen LogP contribution in [0.2, 0.25) is 0 Å². The molecule has 54 valence electrons. The van der Waals surface area contributed by atoms with Gasteiger partial charge in [-0.3, -0.25) is 4.90 Å². The summed E-state index contributed by atoms with van der Waals surface area (Å²) in [5.41, 5.74) is 5.52. The highest BCUT2D eigenvalue weighted by Gasteiger charge is 2.23. The van der Waals surface area contributed by atoms with Gasteiger partial charge in [0.05, 0.1) is 6.17 Å². The molecule has 0 radical (unpaired) electrons. The molecule has 1 heterocycles. The van der Waals surface area contributed by atoms with Crippen LogP contribution in [0.4, 0.5) is 4.39 Å². The molecule has 0 bridgehead atoms. The highest BCUT2D eigenvalue weighted by molar-refractivity contribution is 4.76. The molecule has 0 aromatic rings. The van der Waals surface area contributed by atoms with Crippen molar-refractivity contribution >= 4 is 0 Å². The number of nitrogens with two attached hydrogens (primary N) is 1. The van der Waals surface area contributed by atoms with Gasteiger partial charge in [-0.2, -0.15) is 0 Å². The SMILES string of the molecule is CC(N)N1CCC(F)C1. The number of nitrogens with zero attached hydrogens (tertiary/aromatic N) is 1. The number of halogens is 1. The van der Waals surface area contributed by atoms with Crippen molar-refractivity contribution < 1.29 is 4.39 Å². The van der Waals surface area contributed by atoms with Gasteiger partial charge in [0.15, 0.2) is 0 Å². The Bertz CT molecular complexity index is 95.1. The predicted molar refractivity (Wildman–Crippen MR) is 34.7 cm³/mol. The summed E-state index contributed by atoms with van der Waals surface area (Å²) in [7, 11) is 0. The lowest BCUT2D eigenvalue weighted by atomic mass is 10.3. The van der Waals surface area contributed by atoms with Crippen LogP contribution in [0.3, 0.4) is 0 Å². The molecule has 0 saturated carbocycles. The summed E-state index contributed by atoms with van der Waals surface area (Å²) in [5.74, 6) is 0. The van der Waals surface area contributed by atoms with Crippen LogP contribution in [0.15, 0.2) is 0 Å². The third kappa shape index (κ3) is 1.63. The second-order valence-corrected chi connectivity index (χ2v) is 2.62. The molecule has 1 aliphatic heterocycles. The van der Waals surface area contributed by atoms with Crippen molar-refractivity contribution in [2.75, 3.05) is 13.1 Å². The third-order valence-corrected chi connectivity index (χ3v) is 1.74. The summed E-state index contributed by atoms with van der Waals surface area (Å²) in [4.78, 5) is 1.95. The molecule has 0 aromatic heterocycles. The first-order valence-electron chi connectivity index (χ1n) is 3.34. The highest BCUT2D eigenvalue weighted by atomic mass is 19.1. The van der Waals surface area contributed by atoms with Gasteiger partial charge in [-0.15, -0.1) is 0 Å². The fourth-order valence-electron chi connectivity index (χ4n) is 1.11. The van der Waals surface area contributed by atoms with Crippen LogP contribution in [-0.2, 0) is 0 Å². The van der Waals surface area contributed by atoms with Crippen LogP contribution in [0, 0.1) is 0 Å². The number of rotatable bonds is 1. The van der Waals surface area contributed by atoms with Crippen molar-refractivity contribution in [3.8, 4) is 0 Å². The number of hydrogen-bond donors (Lipinski definition) is 1. The van der Waals surface area contributed by atoms with Crippen molar-refractivity contribution in [2.24, 2.45) is 5.73 Å². The maximum atomic E-state index is 12.4. The van der Waals surface area contributed by atoms with E-state index in [1.54, 1.807) is 0 Å². The number of likely N-dealkylation sites (tertiary alicyclic amines) is 1. The van der Waals surface area contributed by atoms with Crippen LogP contribution >= 0.6 is 0 Å². The van der Waals surface area contributed by atoms with Crippen molar-refractivity contribution in [2.45, 2.75) is 25.7 Å². The molecule has 0 aromatic carbocycles. The topological polar surface area (TPSA) is 29.3 Å². The lowest BCUT2D eigenvalue weighted by molar-refractivity contribution is 0.237. The second-order valence-electron chi connectivity index (χ2n) is 2.62. The van der Waals surface area contributed by atoms with Gasteiger partial charge in [0.1, 0.15) is 6.17 Å². The molecule has 1 aliphatic rings. The summed E-state index contributed by atoms with van der Waals surface area (Å²) in [5, 5.41) is 0. The molecule has 0 aliphatic carbocycles. The van der Waals surface area contributed by atoms with E-state index in [0.29, 0.717) is 13.0 Å². The Kier molecular flexibility index (Phi) is 2.03. The van der Waals surface area contributed by atoms with E-state index in [2.05, 4.69) is 0 Å². The lowest BCUT2D eigenvalue weighted by Crippen LogP contribution is -2.37. The Balaban J connectivity index is 2.30. The van der Waals surface area contributed by atoms with E-state index >= 15 is 0 Å². The number of hydrogen-bond acceptors (Lipinski definition) is 2. The Morgan fingerprint density at radius 1 is 1.78 bits per heavy atom. The van der Waals surface area contributed by atoms with Crippen molar-refractivity contribution in [3.05, 3.63) is 0 Å².